The van der Waals surface area contributed by atoms with Crippen molar-refractivity contribution in [2.24, 2.45) is 12.8 Å². The van der Waals surface area contributed by atoms with Gasteiger partial charge in [-0.2, -0.15) is 5.10 Å². The quantitative estimate of drug-likeness (QED) is 0.787. The monoisotopic (exact) mass is 270 g/mol. The van der Waals surface area contributed by atoms with Gasteiger partial charge in [0, 0.05) is 13.5 Å². The van der Waals surface area contributed by atoms with Gasteiger partial charge in [0.05, 0.1) is 29.0 Å². The first-order valence-corrected chi connectivity index (χ1v) is 6.07. The number of amides is 2. The zero-order valence-corrected chi connectivity index (χ0v) is 11.1. The van der Waals surface area contributed by atoms with Gasteiger partial charge in [0.15, 0.2) is 0 Å². The number of hydrogen-bond donors (Lipinski definition) is 1. The number of carbonyl (C=O) groups is 2. The highest BCUT2D eigenvalue weighted by molar-refractivity contribution is 6.31. The van der Waals surface area contributed by atoms with Gasteiger partial charge in [0.1, 0.15) is 0 Å². The zero-order chi connectivity index (χ0) is 13.4. The molecule has 1 saturated heterocycles. The van der Waals surface area contributed by atoms with E-state index in [1.165, 1.54) is 0 Å². The van der Waals surface area contributed by atoms with E-state index in [9.17, 15) is 9.59 Å². The molecule has 1 fully saturated rings. The Balaban J connectivity index is 2.27. The van der Waals surface area contributed by atoms with E-state index in [-0.39, 0.29) is 18.4 Å². The first-order chi connectivity index (χ1) is 8.41. The second kappa shape index (κ2) is 4.70. The number of piperidine rings is 1. The van der Waals surface area contributed by atoms with Crippen LogP contribution in [0.2, 0.25) is 5.02 Å². The van der Waals surface area contributed by atoms with Crippen LogP contribution < -0.4 is 5.73 Å². The number of likely N-dealkylation sites (tertiary alicyclic amines) is 1. The summed E-state index contributed by atoms with van der Waals surface area (Å²) in [6.45, 7) is 1.90. The Labute approximate surface area is 110 Å². The van der Waals surface area contributed by atoms with Crippen LogP contribution >= 0.6 is 11.6 Å². The highest BCUT2D eigenvalue weighted by atomic mass is 35.5. The molecule has 2 amide bonds. The van der Waals surface area contributed by atoms with Crippen molar-refractivity contribution in [3.05, 3.63) is 16.4 Å². The van der Waals surface area contributed by atoms with E-state index in [2.05, 4.69) is 5.10 Å². The maximum atomic E-state index is 11.9. The smallest absolute Gasteiger partial charge is 0.246 e. The average Bonchev–Trinajstić information content (AvgIpc) is 2.55. The summed E-state index contributed by atoms with van der Waals surface area (Å²) >= 11 is 6.10. The molecular weight excluding hydrogens is 256 g/mol. The van der Waals surface area contributed by atoms with Gasteiger partial charge in [-0.05, 0) is 13.3 Å². The van der Waals surface area contributed by atoms with Crippen LogP contribution in [0.5, 0.6) is 0 Å². The third-order valence-electron chi connectivity index (χ3n) is 3.12. The van der Waals surface area contributed by atoms with E-state index in [1.807, 2.05) is 0 Å². The molecule has 0 radical (unpaired) electrons. The van der Waals surface area contributed by atoms with Crippen molar-refractivity contribution in [2.45, 2.75) is 32.4 Å². The lowest BCUT2D eigenvalue weighted by Gasteiger charge is -2.28. The normalized spacial score (nSPS) is 20.7. The molecule has 18 heavy (non-hydrogen) atoms. The molecule has 1 atom stereocenters. The first-order valence-electron chi connectivity index (χ1n) is 5.69. The van der Waals surface area contributed by atoms with Crippen molar-refractivity contribution in [2.75, 3.05) is 0 Å². The summed E-state index contributed by atoms with van der Waals surface area (Å²) in [5, 5.41) is 4.63. The molecule has 1 aliphatic rings. The lowest BCUT2D eigenvalue weighted by Crippen LogP contribution is -2.50. The average molecular weight is 271 g/mol. The van der Waals surface area contributed by atoms with Gasteiger partial charge in [-0.1, -0.05) is 11.6 Å². The van der Waals surface area contributed by atoms with Crippen molar-refractivity contribution in [1.29, 1.82) is 0 Å². The fourth-order valence-corrected chi connectivity index (χ4v) is 2.25. The molecule has 0 aromatic carbocycles. The summed E-state index contributed by atoms with van der Waals surface area (Å²) in [6.07, 6.45) is 0.702. The maximum Gasteiger partial charge on any atom is 0.246 e. The van der Waals surface area contributed by atoms with Gasteiger partial charge >= 0.3 is 0 Å². The van der Waals surface area contributed by atoms with Gasteiger partial charge in [0.2, 0.25) is 11.8 Å². The number of nitrogens with zero attached hydrogens (tertiary/aromatic N) is 3. The number of nitrogens with two attached hydrogens (primary N) is 1. The number of imide groups is 1. The van der Waals surface area contributed by atoms with Crippen LogP contribution in [0.25, 0.3) is 0 Å². The van der Waals surface area contributed by atoms with E-state index < -0.39 is 6.04 Å². The minimum Gasteiger partial charge on any atom is -0.320 e. The van der Waals surface area contributed by atoms with Crippen LogP contribution in [0.1, 0.15) is 24.2 Å². The molecule has 1 aromatic heterocycles. The molecule has 0 aliphatic carbocycles. The van der Waals surface area contributed by atoms with Crippen molar-refractivity contribution < 1.29 is 9.59 Å². The van der Waals surface area contributed by atoms with Gasteiger partial charge in [-0.3, -0.25) is 19.2 Å². The van der Waals surface area contributed by atoms with Gasteiger partial charge in [-0.15, -0.1) is 0 Å². The lowest BCUT2D eigenvalue weighted by atomic mass is 10.0. The van der Waals surface area contributed by atoms with E-state index >= 15 is 0 Å². The molecule has 7 heteroatoms. The minimum absolute atomic E-state index is 0.127. The summed E-state index contributed by atoms with van der Waals surface area (Å²) < 4.78 is 1.58. The van der Waals surface area contributed by atoms with Crippen molar-refractivity contribution >= 4 is 23.4 Å². The number of aromatic nitrogens is 2. The van der Waals surface area contributed by atoms with Gasteiger partial charge < -0.3 is 5.73 Å². The van der Waals surface area contributed by atoms with Crippen LogP contribution in [0.4, 0.5) is 0 Å². The number of aryl methyl sites for hydroxylation is 2. The highest BCUT2D eigenvalue weighted by Gasteiger charge is 2.33. The largest absolute Gasteiger partial charge is 0.320 e. The minimum atomic E-state index is -0.601. The summed E-state index contributed by atoms with van der Waals surface area (Å²) in [5.41, 5.74) is 6.99. The molecule has 0 bridgehead atoms. The summed E-state index contributed by atoms with van der Waals surface area (Å²) in [6, 6.07) is -0.601. The summed E-state index contributed by atoms with van der Waals surface area (Å²) in [7, 11) is 1.73. The predicted octanol–water partition coefficient (Wildman–Crippen LogP) is 0.358. The van der Waals surface area contributed by atoms with Crippen molar-refractivity contribution in [3.8, 4) is 0 Å². The van der Waals surface area contributed by atoms with Crippen LogP contribution in [0.3, 0.4) is 0 Å². The molecule has 1 aromatic rings. The number of hydrogen-bond acceptors (Lipinski definition) is 4. The van der Waals surface area contributed by atoms with Crippen LogP contribution in [0, 0.1) is 6.92 Å². The topological polar surface area (TPSA) is 81.2 Å². The number of halogens is 1. The molecule has 0 saturated carbocycles. The van der Waals surface area contributed by atoms with Gasteiger partial charge in [-0.25, -0.2) is 0 Å². The molecule has 2 heterocycles. The highest BCUT2D eigenvalue weighted by Crippen LogP contribution is 2.23. The molecule has 0 spiro atoms. The number of carbonyl (C=O) groups excluding carboxylic acids is 2. The summed E-state index contributed by atoms with van der Waals surface area (Å²) in [5.74, 6) is -0.558. The molecule has 2 rings (SSSR count). The van der Waals surface area contributed by atoms with E-state index in [0.29, 0.717) is 29.3 Å². The van der Waals surface area contributed by atoms with Crippen LogP contribution in [-0.2, 0) is 23.2 Å². The Kier molecular flexibility index (Phi) is 3.41. The van der Waals surface area contributed by atoms with E-state index in [0.717, 1.165) is 4.90 Å². The second-order valence-corrected chi connectivity index (χ2v) is 4.81. The molecule has 2 N–H and O–H groups in total. The van der Waals surface area contributed by atoms with E-state index in [4.69, 9.17) is 17.3 Å². The van der Waals surface area contributed by atoms with E-state index in [1.54, 1.807) is 18.7 Å². The Morgan fingerprint density at radius 1 is 1.50 bits per heavy atom. The number of rotatable bonds is 2. The third kappa shape index (κ3) is 2.13. The molecule has 6 nitrogen and oxygen atoms in total. The van der Waals surface area contributed by atoms with Crippen LogP contribution in [0.15, 0.2) is 0 Å². The summed E-state index contributed by atoms with van der Waals surface area (Å²) in [4.78, 5) is 24.8. The standard InChI is InChI=1S/C11H15ClN4O2/c1-6-10(12)8(15(2)14-6)5-16-9(17)4-3-7(13)11(16)18/h7H,3-5,13H2,1-2H3. The molecular formula is C11H15ClN4O2. The van der Waals surface area contributed by atoms with Gasteiger partial charge in [0.25, 0.3) is 0 Å². The molecule has 1 aliphatic heterocycles. The SMILES string of the molecule is Cc1nn(C)c(CN2C(=O)CCC(N)C2=O)c1Cl. The Bertz CT molecular complexity index is 511. The Morgan fingerprint density at radius 3 is 2.72 bits per heavy atom. The third-order valence-corrected chi connectivity index (χ3v) is 3.61. The van der Waals surface area contributed by atoms with Crippen molar-refractivity contribution in [3.63, 3.8) is 0 Å². The fourth-order valence-electron chi connectivity index (χ4n) is 2.03. The first kappa shape index (κ1) is 13.0. The predicted molar refractivity (Wildman–Crippen MR) is 65.7 cm³/mol. The fraction of sp³-hybridized carbons (Fsp3) is 0.545. The van der Waals surface area contributed by atoms with Crippen LogP contribution in [-0.4, -0.2) is 32.5 Å². The molecule has 98 valence electrons. The Hall–Kier alpha value is -1.40. The maximum absolute atomic E-state index is 11.9. The van der Waals surface area contributed by atoms with Crippen molar-refractivity contribution in [1.82, 2.24) is 14.7 Å². The molecule has 1 unspecified atom stereocenters. The zero-order valence-electron chi connectivity index (χ0n) is 10.3. The Morgan fingerprint density at radius 2 is 2.17 bits per heavy atom. The lowest BCUT2D eigenvalue weighted by molar-refractivity contribution is -0.150. The second-order valence-electron chi connectivity index (χ2n) is 4.43.